The maximum absolute atomic E-state index is 11.9. The van der Waals surface area contributed by atoms with Gasteiger partial charge in [-0.3, -0.25) is 4.79 Å². The van der Waals surface area contributed by atoms with E-state index in [1.165, 1.54) is 5.56 Å². The molecule has 4 heteroatoms. The molecule has 0 aliphatic carbocycles. The highest BCUT2D eigenvalue weighted by Crippen LogP contribution is 2.15. The Morgan fingerprint density at radius 1 is 1.26 bits per heavy atom. The van der Waals surface area contributed by atoms with E-state index in [9.17, 15) is 9.59 Å². The summed E-state index contributed by atoms with van der Waals surface area (Å²) >= 11 is 0. The summed E-state index contributed by atoms with van der Waals surface area (Å²) in [5.41, 5.74) is 1.58. The number of aryl methyl sites for hydroxylation is 1. The third-order valence-electron chi connectivity index (χ3n) is 2.94. The van der Waals surface area contributed by atoms with Crippen LogP contribution in [0.2, 0.25) is 0 Å². The van der Waals surface area contributed by atoms with Crippen LogP contribution in [0.25, 0.3) is 10.9 Å². The maximum atomic E-state index is 11.9. The van der Waals surface area contributed by atoms with E-state index < -0.39 is 11.5 Å². The summed E-state index contributed by atoms with van der Waals surface area (Å²) in [6.07, 6.45) is 2.02. The van der Waals surface area contributed by atoms with Crippen LogP contribution in [0.15, 0.2) is 29.1 Å². The smallest absolute Gasteiger partial charge is 0.343 e. The number of rotatable bonds is 4. The Morgan fingerprint density at radius 2 is 2.05 bits per heavy atom. The summed E-state index contributed by atoms with van der Waals surface area (Å²) in [5.74, 6) is -0.580. The second-order valence-corrected chi connectivity index (χ2v) is 4.40. The van der Waals surface area contributed by atoms with Crippen LogP contribution in [0.4, 0.5) is 0 Å². The average molecular weight is 259 g/mol. The fourth-order valence-corrected chi connectivity index (χ4v) is 2.05. The van der Waals surface area contributed by atoms with Crippen molar-refractivity contribution in [3.05, 3.63) is 45.7 Å². The highest BCUT2D eigenvalue weighted by Gasteiger charge is 2.12. The number of carbonyl (C=O) groups excluding carboxylic acids is 1. The number of aromatic amines is 1. The molecule has 4 nitrogen and oxygen atoms in total. The normalized spacial score (nSPS) is 10.6. The monoisotopic (exact) mass is 259 g/mol. The molecule has 0 saturated carbocycles. The van der Waals surface area contributed by atoms with Crippen molar-refractivity contribution in [3.63, 3.8) is 0 Å². The van der Waals surface area contributed by atoms with Crippen LogP contribution in [0.5, 0.6) is 0 Å². The van der Waals surface area contributed by atoms with Crippen molar-refractivity contribution < 1.29 is 9.53 Å². The molecule has 1 aromatic carbocycles. The average Bonchev–Trinajstić information content (AvgIpc) is 2.38. The van der Waals surface area contributed by atoms with Gasteiger partial charge in [-0.25, -0.2) is 4.79 Å². The molecule has 2 aromatic rings. The van der Waals surface area contributed by atoms with E-state index in [0.29, 0.717) is 0 Å². The summed E-state index contributed by atoms with van der Waals surface area (Å²) in [5, 5.41) is 0.836. The maximum Gasteiger partial charge on any atom is 0.343 e. The van der Waals surface area contributed by atoms with E-state index in [-0.39, 0.29) is 12.2 Å². The number of hydrogen-bond acceptors (Lipinski definition) is 3. The Balaban J connectivity index is 2.49. The fourth-order valence-electron chi connectivity index (χ4n) is 2.05. The zero-order valence-electron chi connectivity index (χ0n) is 11.2. The first-order chi connectivity index (χ1) is 9.15. The number of carbonyl (C=O) groups is 1. The molecular formula is C15H17NO3. The van der Waals surface area contributed by atoms with Gasteiger partial charge in [0.15, 0.2) is 0 Å². The van der Waals surface area contributed by atoms with Gasteiger partial charge in [0.25, 0.3) is 5.56 Å². The number of nitrogens with one attached hydrogen (secondary N) is 1. The molecule has 0 saturated heterocycles. The Bertz CT molecular complexity index is 658. The highest BCUT2D eigenvalue weighted by molar-refractivity contribution is 5.93. The lowest BCUT2D eigenvalue weighted by Crippen LogP contribution is -2.19. The van der Waals surface area contributed by atoms with Gasteiger partial charge in [0, 0.05) is 5.52 Å². The van der Waals surface area contributed by atoms with Crippen molar-refractivity contribution in [1.29, 1.82) is 0 Å². The third-order valence-corrected chi connectivity index (χ3v) is 2.94. The van der Waals surface area contributed by atoms with E-state index in [0.717, 1.165) is 23.7 Å². The van der Waals surface area contributed by atoms with Gasteiger partial charge in [-0.15, -0.1) is 0 Å². The standard InChI is InChI=1S/C15H17NO3/c1-3-5-10-6-7-11-9-12(15(18)19-4-2)14(17)16-13(11)8-10/h6-9H,3-5H2,1-2H3,(H,16,17). The van der Waals surface area contributed by atoms with Gasteiger partial charge in [0.2, 0.25) is 0 Å². The number of hydrogen-bond donors (Lipinski definition) is 1. The van der Waals surface area contributed by atoms with Crippen LogP contribution in [-0.4, -0.2) is 17.6 Å². The topological polar surface area (TPSA) is 59.2 Å². The second-order valence-electron chi connectivity index (χ2n) is 4.40. The third kappa shape index (κ3) is 2.84. The van der Waals surface area contributed by atoms with Crippen LogP contribution < -0.4 is 5.56 Å². The van der Waals surface area contributed by atoms with Crippen molar-refractivity contribution >= 4 is 16.9 Å². The van der Waals surface area contributed by atoms with Crippen molar-refractivity contribution in [1.82, 2.24) is 4.98 Å². The molecule has 0 fully saturated rings. The molecule has 0 unspecified atom stereocenters. The Kier molecular flexibility index (Phi) is 4.00. The number of ether oxygens (including phenoxy) is 1. The van der Waals surface area contributed by atoms with Gasteiger partial charge in [0.05, 0.1) is 6.61 Å². The van der Waals surface area contributed by atoms with Crippen LogP contribution in [0.3, 0.4) is 0 Å². The summed E-state index contributed by atoms with van der Waals surface area (Å²) in [4.78, 5) is 26.2. The summed E-state index contributed by atoms with van der Waals surface area (Å²) in [7, 11) is 0. The Labute approximate surface area is 111 Å². The summed E-state index contributed by atoms with van der Waals surface area (Å²) < 4.78 is 4.86. The first-order valence-corrected chi connectivity index (χ1v) is 6.48. The molecule has 0 aliphatic rings. The number of esters is 1. The van der Waals surface area contributed by atoms with Gasteiger partial charge in [0.1, 0.15) is 5.56 Å². The lowest BCUT2D eigenvalue weighted by molar-refractivity contribution is 0.0524. The van der Waals surface area contributed by atoms with E-state index in [1.807, 2.05) is 18.2 Å². The molecule has 1 aromatic heterocycles. The number of H-pyrrole nitrogens is 1. The van der Waals surface area contributed by atoms with E-state index in [4.69, 9.17) is 4.74 Å². The minimum absolute atomic E-state index is 0.0533. The van der Waals surface area contributed by atoms with Crippen LogP contribution in [0.1, 0.15) is 36.2 Å². The van der Waals surface area contributed by atoms with Crippen LogP contribution in [-0.2, 0) is 11.2 Å². The van der Waals surface area contributed by atoms with Crippen LogP contribution >= 0.6 is 0 Å². The predicted octanol–water partition coefficient (Wildman–Crippen LogP) is 2.66. The molecule has 0 bridgehead atoms. The highest BCUT2D eigenvalue weighted by atomic mass is 16.5. The molecule has 0 radical (unpaired) electrons. The SMILES string of the molecule is CCCc1ccc2cc(C(=O)OCC)c(=O)[nH]c2c1. The summed E-state index contributed by atoms with van der Waals surface area (Å²) in [6.45, 7) is 4.08. The zero-order valence-corrected chi connectivity index (χ0v) is 11.2. The number of benzene rings is 1. The van der Waals surface area contributed by atoms with Gasteiger partial charge < -0.3 is 9.72 Å². The minimum atomic E-state index is -0.580. The van der Waals surface area contributed by atoms with E-state index in [1.54, 1.807) is 13.0 Å². The van der Waals surface area contributed by atoms with Crippen molar-refractivity contribution in [2.45, 2.75) is 26.7 Å². The molecule has 0 atom stereocenters. The predicted molar refractivity (Wildman–Crippen MR) is 74.5 cm³/mol. The molecule has 1 heterocycles. The van der Waals surface area contributed by atoms with Gasteiger partial charge >= 0.3 is 5.97 Å². The molecule has 1 N–H and O–H groups in total. The largest absolute Gasteiger partial charge is 0.462 e. The first-order valence-electron chi connectivity index (χ1n) is 6.48. The molecular weight excluding hydrogens is 242 g/mol. The van der Waals surface area contributed by atoms with Gasteiger partial charge in [-0.2, -0.15) is 0 Å². The Morgan fingerprint density at radius 3 is 2.74 bits per heavy atom. The minimum Gasteiger partial charge on any atom is -0.462 e. The number of pyridine rings is 1. The van der Waals surface area contributed by atoms with Crippen molar-refractivity contribution in [3.8, 4) is 0 Å². The fraction of sp³-hybridized carbons (Fsp3) is 0.333. The van der Waals surface area contributed by atoms with Crippen LogP contribution in [0, 0.1) is 0 Å². The van der Waals surface area contributed by atoms with E-state index in [2.05, 4.69) is 11.9 Å². The molecule has 0 spiro atoms. The Hall–Kier alpha value is -2.10. The number of fused-ring (bicyclic) bond motifs is 1. The second kappa shape index (κ2) is 5.69. The molecule has 2 rings (SSSR count). The lowest BCUT2D eigenvalue weighted by Gasteiger charge is -2.05. The van der Waals surface area contributed by atoms with E-state index >= 15 is 0 Å². The summed E-state index contributed by atoms with van der Waals surface area (Å²) in [6, 6.07) is 7.47. The van der Waals surface area contributed by atoms with Crippen molar-refractivity contribution in [2.24, 2.45) is 0 Å². The zero-order chi connectivity index (χ0) is 13.8. The van der Waals surface area contributed by atoms with Crippen molar-refractivity contribution in [2.75, 3.05) is 6.61 Å². The first kappa shape index (κ1) is 13.3. The number of aromatic nitrogens is 1. The molecule has 0 amide bonds. The van der Waals surface area contributed by atoms with Gasteiger partial charge in [-0.05, 0) is 36.4 Å². The molecule has 0 aliphatic heterocycles. The molecule has 19 heavy (non-hydrogen) atoms. The quantitative estimate of drug-likeness (QED) is 0.859. The molecule has 100 valence electrons. The lowest BCUT2D eigenvalue weighted by atomic mass is 10.1. The van der Waals surface area contributed by atoms with Gasteiger partial charge in [-0.1, -0.05) is 25.5 Å².